The molecule has 1 aliphatic rings. The number of carbonyl (C=O) groups excluding carboxylic acids is 1. The number of hydrogen-bond donors (Lipinski definition) is 0. The molecule has 4 aromatic rings. The number of carbonyl (C=O) groups is 1. The lowest BCUT2D eigenvalue weighted by atomic mass is 9.98. The van der Waals surface area contributed by atoms with E-state index in [2.05, 4.69) is 9.97 Å². The Labute approximate surface area is 190 Å². The molecule has 0 N–H and O–H groups in total. The monoisotopic (exact) mass is 441 g/mol. The van der Waals surface area contributed by atoms with Gasteiger partial charge in [-0.1, -0.05) is 18.2 Å². The molecule has 4 heterocycles. The van der Waals surface area contributed by atoms with Crippen molar-refractivity contribution < 1.29 is 4.79 Å². The quantitative estimate of drug-likeness (QED) is 0.417. The molecule has 6 nitrogen and oxygen atoms in total. The Balaban J connectivity index is 1.40. The zero-order chi connectivity index (χ0) is 21.8. The summed E-state index contributed by atoms with van der Waals surface area (Å²) in [5, 5.41) is 7.90. The summed E-state index contributed by atoms with van der Waals surface area (Å²) in [5.41, 5.74) is 3.55. The van der Waals surface area contributed by atoms with Gasteiger partial charge in [0.15, 0.2) is 0 Å². The van der Waals surface area contributed by atoms with E-state index in [-0.39, 0.29) is 5.91 Å². The minimum atomic E-state index is 0.0239. The Morgan fingerprint density at radius 2 is 2.03 bits per heavy atom. The van der Waals surface area contributed by atoms with Crippen LogP contribution in [0.2, 0.25) is 0 Å². The molecule has 32 heavy (non-hydrogen) atoms. The van der Waals surface area contributed by atoms with Crippen LogP contribution in [0.25, 0.3) is 23.0 Å². The van der Waals surface area contributed by atoms with Crippen LogP contribution < -0.4 is 0 Å². The minimum Gasteiger partial charge on any atom is -0.338 e. The number of rotatable bonds is 5. The number of likely N-dealkylation sites (tertiary alicyclic amines) is 1. The first-order valence-electron chi connectivity index (χ1n) is 10.7. The second-order valence-electron chi connectivity index (χ2n) is 7.78. The molecule has 1 amide bonds. The van der Waals surface area contributed by atoms with Gasteiger partial charge in [-0.2, -0.15) is 5.10 Å². The molecule has 1 unspecified atom stereocenters. The molecule has 0 saturated carbocycles. The Bertz CT molecular complexity index is 1200. The van der Waals surface area contributed by atoms with Gasteiger partial charge in [-0.15, -0.1) is 11.3 Å². The highest BCUT2D eigenvalue weighted by atomic mass is 32.1. The zero-order valence-electron chi connectivity index (χ0n) is 17.5. The summed E-state index contributed by atoms with van der Waals surface area (Å²) in [6.07, 6.45) is 12.9. The van der Waals surface area contributed by atoms with E-state index in [0.29, 0.717) is 5.92 Å². The van der Waals surface area contributed by atoms with Gasteiger partial charge in [0.05, 0.1) is 10.7 Å². The van der Waals surface area contributed by atoms with Crippen LogP contribution in [0.5, 0.6) is 0 Å². The fraction of sp³-hybridized carbons (Fsp3) is 0.200. The molecule has 1 atom stereocenters. The molecule has 0 spiro atoms. The zero-order valence-corrected chi connectivity index (χ0v) is 18.4. The molecule has 1 aromatic carbocycles. The summed E-state index contributed by atoms with van der Waals surface area (Å²) in [6, 6.07) is 13.8. The summed E-state index contributed by atoms with van der Waals surface area (Å²) in [4.78, 5) is 23.6. The van der Waals surface area contributed by atoms with E-state index in [1.165, 1.54) is 0 Å². The van der Waals surface area contributed by atoms with Crippen molar-refractivity contribution in [3.63, 3.8) is 0 Å². The third-order valence-electron chi connectivity index (χ3n) is 5.64. The predicted octanol–water partition coefficient (Wildman–Crippen LogP) is 4.81. The number of para-hydroxylation sites is 1. The van der Waals surface area contributed by atoms with E-state index in [1.54, 1.807) is 29.8 Å². The van der Waals surface area contributed by atoms with Crippen LogP contribution in [0.15, 0.2) is 78.7 Å². The number of thiazole rings is 1. The SMILES string of the molecule is O=C(/C=C/c1cn(-c2ccccc2)nc1-c1cccnc1)N1CCCC(c2nccs2)C1. The largest absolute Gasteiger partial charge is 0.338 e. The first-order chi connectivity index (χ1) is 15.8. The molecule has 5 rings (SSSR count). The fourth-order valence-corrected chi connectivity index (χ4v) is 4.80. The molecule has 0 aliphatic carbocycles. The predicted molar refractivity (Wildman–Crippen MR) is 126 cm³/mol. The summed E-state index contributed by atoms with van der Waals surface area (Å²) in [7, 11) is 0. The Kier molecular flexibility index (Phi) is 5.89. The molecule has 0 bridgehead atoms. The molecule has 3 aromatic heterocycles. The van der Waals surface area contributed by atoms with Crippen LogP contribution in [0.4, 0.5) is 0 Å². The normalized spacial score (nSPS) is 16.5. The van der Waals surface area contributed by atoms with Crippen LogP contribution in [0.1, 0.15) is 29.3 Å². The van der Waals surface area contributed by atoms with Crippen LogP contribution in [-0.2, 0) is 4.79 Å². The Morgan fingerprint density at radius 3 is 2.81 bits per heavy atom. The molecular formula is C25H23N5OS. The summed E-state index contributed by atoms with van der Waals surface area (Å²) in [6.45, 7) is 1.50. The number of pyridine rings is 1. The van der Waals surface area contributed by atoms with Gasteiger partial charge in [-0.25, -0.2) is 9.67 Å². The van der Waals surface area contributed by atoms with Crippen LogP contribution in [0, 0.1) is 0 Å². The summed E-state index contributed by atoms with van der Waals surface area (Å²) < 4.78 is 1.84. The topological polar surface area (TPSA) is 63.9 Å². The highest BCUT2D eigenvalue weighted by molar-refractivity contribution is 7.09. The van der Waals surface area contributed by atoms with Gasteiger partial charge in [0.1, 0.15) is 5.69 Å². The highest BCUT2D eigenvalue weighted by Gasteiger charge is 2.25. The number of hydrogen-bond acceptors (Lipinski definition) is 5. The maximum atomic E-state index is 13.0. The van der Waals surface area contributed by atoms with Gasteiger partial charge in [-0.05, 0) is 43.2 Å². The number of aromatic nitrogens is 4. The van der Waals surface area contributed by atoms with Crippen LogP contribution >= 0.6 is 11.3 Å². The maximum absolute atomic E-state index is 13.0. The Morgan fingerprint density at radius 1 is 1.12 bits per heavy atom. The van der Waals surface area contributed by atoms with E-state index in [0.717, 1.165) is 53.4 Å². The highest BCUT2D eigenvalue weighted by Crippen LogP contribution is 2.29. The molecule has 7 heteroatoms. The van der Waals surface area contributed by atoms with Gasteiger partial charge in [0.25, 0.3) is 0 Å². The summed E-state index contributed by atoms with van der Waals surface area (Å²) in [5.74, 6) is 0.351. The summed E-state index contributed by atoms with van der Waals surface area (Å²) >= 11 is 1.67. The van der Waals surface area contributed by atoms with Crippen LogP contribution in [0.3, 0.4) is 0 Å². The van der Waals surface area contributed by atoms with Crippen molar-refractivity contribution in [1.82, 2.24) is 24.6 Å². The Hall–Kier alpha value is -3.58. The molecule has 160 valence electrons. The van der Waals surface area contributed by atoms with Crippen molar-refractivity contribution >= 4 is 23.3 Å². The van der Waals surface area contributed by atoms with Crippen molar-refractivity contribution in [1.29, 1.82) is 0 Å². The maximum Gasteiger partial charge on any atom is 0.246 e. The van der Waals surface area contributed by atoms with E-state index >= 15 is 0 Å². The lowest BCUT2D eigenvalue weighted by Crippen LogP contribution is -2.38. The van der Waals surface area contributed by atoms with Crippen LogP contribution in [-0.4, -0.2) is 43.6 Å². The second-order valence-corrected chi connectivity index (χ2v) is 8.71. The van der Waals surface area contributed by atoms with Crippen molar-refractivity contribution in [3.05, 3.63) is 89.3 Å². The van der Waals surface area contributed by atoms with E-state index < -0.39 is 0 Å². The number of piperidine rings is 1. The van der Waals surface area contributed by atoms with Gasteiger partial charge >= 0.3 is 0 Å². The van der Waals surface area contributed by atoms with Crippen molar-refractivity contribution in [2.75, 3.05) is 13.1 Å². The number of nitrogens with zero attached hydrogens (tertiary/aromatic N) is 5. The first kappa shape index (κ1) is 20.3. The van der Waals surface area contributed by atoms with Gasteiger partial charge in [0.2, 0.25) is 5.91 Å². The van der Waals surface area contributed by atoms with Gasteiger partial charge < -0.3 is 4.90 Å². The molecule has 1 fully saturated rings. The third-order valence-corrected chi connectivity index (χ3v) is 6.58. The third kappa shape index (κ3) is 4.38. The van der Waals surface area contributed by atoms with E-state index in [4.69, 9.17) is 5.10 Å². The molecule has 1 saturated heterocycles. The first-order valence-corrected chi connectivity index (χ1v) is 11.6. The standard InChI is InChI=1S/C25H23N5OS/c31-23(29-14-5-7-21(17-29)25-27-13-15-32-25)11-10-20-18-30(22-8-2-1-3-9-22)28-24(20)19-6-4-12-26-16-19/h1-4,6,8-13,15-16,18,21H,5,7,14,17H2/b11-10+. The van der Waals surface area contributed by atoms with Crippen molar-refractivity contribution in [2.45, 2.75) is 18.8 Å². The van der Waals surface area contributed by atoms with E-state index in [9.17, 15) is 4.79 Å². The number of benzene rings is 1. The van der Waals surface area contributed by atoms with Gasteiger partial charge in [0, 0.05) is 66.4 Å². The average molecular weight is 442 g/mol. The van der Waals surface area contributed by atoms with Gasteiger partial charge in [-0.3, -0.25) is 9.78 Å². The molecule has 0 radical (unpaired) electrons. The minimum absolute atomic E-state index is 0.0239. The molecule has 1 aliphatic heterocycles. The fourth-order valence-electron chi connectivity index (χ4n) is 4.03. The molecular weight excluding hydrogens is 418 g/mol. The van der Waals surface area contributed by atoms with Crippen molar-refractivity contribution in [2.24, 2.45) is 0 Å². The van der Waals surface area contributed by atoms with Crippen molar-refractivity contribution in [3.8, 4) is 16.9 Å². The second kappa shape index (κ2) is 9.28. The average Bonchev–Trinajstić information content (AvgIpc) is 3.54. The lowest BCUT2D eigenvalue weighted by molar-refractivity contribution is -0.127. The smallest absolute Gasteiger partial charge is 0.246 e. The lowest BCUT2D eigenvalue weighted by Gasteiger charge is -2.31. The van der Waals surface area contributed by atoms with E-state index in [1.807, 2.05) is 75.9 Å². The number of amides is 1.